The van der Waals surface area contributed by atoms with E-state index in [0.29, 0.717) is 18.5 Å². The lowest BCUT2D eigenvalue weighted by atomic mass is 10.1. The molecule has 1 aromatic heterocycles. The summed E-state index contributed by atoms with van der Waals surface area (Å²) in [5, 5.41) is 5.55. The summed E-state index contributed by atoms with van der Waals surface area (Å²) < 4.78 is 20.4. The number of nitrogens with zero attached hydrogens (tertiary/aromatic N) is 1. The molecular formula is C28H32FN3O4. The van der Waals surface area contributed by atoms with Crippen LogP contribution in [-0.2, 0) is 25.5 Å². The Morgan fingerprint density at radius 2 is 1.69 bits per heavy atom. The van der Waals surface area contributed by atoms with Gasteiger partial charge in [-0.1, -0.05) is 19.8 Å². The van der Waals surface area contributed by atoms with Crippen LogP contribution in [0.2, 0.25) is 0 Å². The van der Waals surface area contributed by atoms with E-state index in [4.69, 9.17) is 4.74 Å². The van der Waals surface area contributed by atoms with Crippen molar-refractivity contribution >= 4 is 23.5 Å². The minimum Gasteiger partial charge on any atom is -0.467 e. The molecule has 7 nitrogen and oxygen atoms in total. The first-order valence-corrected chi connectivity index (χ1v) is 12.0. The number of unbranched alkanes of at least 4 members (excludes halogenated alkanes) is 1. The Morgan fingerprint density at radius 1 is 1.00 bits per heavy atom. The summed E-state index contributed by atoms with van der Waals surface area (Å²) in [5.74, 6) is -1.17. The van der Waals surface area contributed by atoms with Gasteiger partial charge in [0.05, 0.1) is 12.8 Å². The SMILES string of the molecule is CCCCC(NC(=O)CCc1ccc(-c2ccc(F)cc2)n1-c1ccc(NC(C)=O)cc1)C(=O)OC. The highest BCUT2D eigenvalue weighted by Crippen LogP contribution is 2.28. The number of carbonyl (C=O) groups excluding carboxylic acids is 3. The fraction of sp³-hybridized carbons (Fsp3) is 0.321. The Kier molecular flexibility index (Phi) is 9.39. The third-order valence-corrected chi connectivity index (χ3v) is 5.82. The van der Waals surface area contributed by atoms with Crippen molar-refractivity contribution in [3.05, 3.63) is 72.2 Å². The number of aromatic nitrogens is 1. The zero-order valence-electron chi connectivity index (χ0n) is 20.8. The molecule has 0 spiro atoms. The van der Waals surface area contributed by atoms with Crippen molar-refractivity contribution in [3.8, 4) is 16.9 Å². The summed E-state index contributed by atoms with van der Waals surface area (Å²) in [6.07, 6.45) is 2.83. The van der Waals surface area contributed by atoms with Gasteiger partial charge in [-0.05, 0) is 79.1 Å². The van der Waals surface area contributed by atoms with Crippen LogP contribution in [0.25, 0.3) is 16.9 Å². The smallest absolute Gasteiger partial charge is 0.328 e. The Morgan fingerprint density at radius 3 is 2.31 bits per heavy atom. The molecule has 0 saturated heterocycles. The van der Waals surface area contributed by atoms with Gasteiger partial charge in [-0.3, -0.25) is 9.59 Å². The minimum atomic E-state index is -0.662. The van der Waals surface area contributed by atoms with Gasteiger partial charge < -0.3 is 19.9 Å². The van der Waals surface area contributed by atoms with Crippen LogP contribution in [0.1, 0.15) is 45.2 Å². The number of hydrogen-bond donors (Lipinski definition) is 2. The molecular weight excluding hydrogens is 461 g/mol. The number of anilines is 1. The van der Waals surface area contributed by atoms with Gasteiger partial charge in [-0.15, -0.1) is 0 Å². The number of amides is 2. The predicted octanol–water partition coefficient (Wildman–Crippen LogP) is 5.02. The third kappa shape index (κ3) is 7.04. The highest BCUT2D eigenvalue weighted by Gasteiger charge is 2.21. The second-order valence-corrected chi connectivity index (χ2v) is 8.57. The number of methoxy groups -OCH3 is 1. The molecule has 0 saturated carbocycles. The van der Waals surface area contributed by atoms with Crippen LogP contribution < -0.4 is 10.6 Å². The molecule has 1 atom stereocenters. The average molecular weight is 494 g/mol. The van der Waals surface area contributed by atoms with Crippen LogP contribution in [0, 0.1) is 5.82 Å². The summed E-state index contributed by atoms with van der Waals surface area (Å²) in [5.41, 5.74) is 4.04. The van der Waals surface area contributed by atoms with Crippen LogP contribution in [0.4, 0.5) is 10.1 Å². The fourth-order valence-electron chi connectivity index (χ4n) is 4.03. The molecule has 2 N–H and O–H groups in total. The predicted molar refractivity (Wildman–Crippen MR) is 137 cm³/mol. The number of halogens is 1. The van der Waals surface area contributed by atoms with Gasteiger partial charge in [0.15, 0.2) is 0 Å². The van der Waals surface area contributed by atoms with Gasteiger partial charge in [0.25, 0.3) is 0 Å². The van der Waals surface area contributed by atoms with Crippen LogP contribution in [0.3, 0.4) is 0 Å². The van der Waals surface area contributed by atoms with Crippen molar-refractivity contribution < 1.29 is 23.5 Å². The molecule has 36 heavy (non-hydrogen) atoms. The number of aryl methyl sites for hydroxylation is 1. The van der Waals surface area contributed by atoms with E-state index in [1.54, 1.807) is 24.3 Å². The van der Waals surface area contributed by atoms with Crippen LogP contribution in [-0.4, -0.2) is 35.5 Å². The van der Waals surface area contributed by atoms with E-state index >= 15 is 0 Å². The standard InChI is InChI=1S/C28H32FN3O4/c1-4-5-6-25(28(35)36-3)31-27(34)18-16-24-15-17-26(20-7-9-21(29)10-8-20)32(24)23-13-11-22(12-14-23)30-19(2)33/h7-15,17,25H,4-6,16,18H2,1-3H3,(H,30,33)(H,31,34). The number of nitrogens with one attached hydrogen (secondary N) is 2. The van der Waals surface area contributed by atoms with E-state index in [0.717, 1.165) is 35.5 Å². The molecule has 2 aromatic carbocycles. The quantitative estimate of drug-likeness (QED) is 0.367. The molecule has 3 rings (SSSR count). The average Bonchev–Trinajstić information content (AvgIpc) is 3.29. The Hall–Kier alpha value is -3.94. The van der Waals surface area contributed by atoms with Gasteiger partial charge in [-0.25, -0.2) is 9.18 Å². The lowest BCUT2D eigenvalue weighted by Gasteiger charge is -2.17. The van der Waals surface area contributed by atoms with E-state index in [-0.39, 0.29) is 24.1 Å². The molecule has 2 amide bonds. The van der Waals surface area contributed by atoms with Gasteiger partial charge in [0.1, 0.15) is 11.9 Å². The Bertz CT molecular complexity index is 1190. The first-order chi connectivity index (χ1) is 17.3. The zero-order valence-corrected chi connectivity index (χ0v) is 20.8. The zero-order chi connectivity index (χ0) is 26.1. The first kappa shape index (κ1) is 26.7. The monoisotopic (exact) mass is 493 g/mol. The molecule has 8 heteroatoms. The van der Waals surface area contributed by atoms with E-state index in [9.17, 15) is 18.8 Å². The van der Waals surface area contributed by atoms with Gasteiger partial charge >= 0.3 is 5.97 Å². The van der Waals surface area contributed by atoms with E-state index in [2.05, 4.69) is 10.6 Å². The van der Waals surface area contributed by atoms with Crippen LogP contribution >= 0.6 is 0 Å². The largest absolute Gasteiger partial charge is 0.467 e. The maximum absolute atomic E-state index is 13.5. The number of ether oxygens (including phenoxy) is 1. The molecule has 1 heterocycles. The summed E-state index contributed by atoms with van der Waals surface area (Å²) >= 11 is 0. The summed E-state index contributed by atoms with van der Waals surface area (Å²) in [6, 6.07) is 16.8. The second kappa shape index (κ2) is 12.7. The summed E-state index contributed by atoms with van der Waals surface area (Å²) in [6.45, 7) is 3.47. The maximum Gasteiger partial charge on any atom is 0.328 e. The van der Waals surface area contributed by atoms with Gasteiger partial charge in [-0.2, -0.15) is 0 Å². The third-order valence-electron chi connectivity index (χ3n) is 5.82. The van der Waals surface area contributed by atoms with Crippen LogP contribution in [0.5, 0.6) is 0 Å². The Balaban J connectivity index is 1.85. The van der Waals surface area contributed by atoms with E-state index in [1.165, 1.54) is 26.2 Å². The number of hydrogen-bond acceptors (Lipinski definition) is 4. The molecule has 3 aromatic rings. The summed E-state index contributed by atoms with van der Waals surface area (Å²) in [7, 11) is 1.31. The normalized spacial score (nSPS) is 11.6. The van der Waals surface area contributed by atoms with E-state index < -0.39 is 12.0 Å². The summed E-state index contributed by atoms with van der Waals surface area (Å²) in [4.78, 5) is 36.1. The van der Waals surface area contributed by atoms with Crippen molar-refractivity contribution in [2.24, 2.45) is 0 Å². The number of rotatable bonds is 11. The molecule has 0 bridgehead atoms. The van der Waals surface area contributed by atoms with Gasteiger partial charge in [0.2, 0.25) is 11.8 Å². The molecule has 0 aliphatic rings. The number of esters is 1. The maximum atomic E-state index is 13.5. The van der Waals surface area contributed by atoms with E-state index in [1.807, 2.05) is 35.8 Å². The number of benzene rings is 2. The van der Waals surface area contributed by atoms with Crippen molar-refractivity contribution in [3.63, 3.8) is 0 Å². The Labute approximate surface area is 210 Å². The topological polar surface area (TPSA) is 89.4 Å². The lowest BCUT2D eigenvalue weighted by molar-refractivity contribution is -0.145. The molecule has 0 fully saturated rings. The van der Waals surface area contributed by atoms with Crippen molar-refractivity contribution in [2.45, 2.75) is 52.0 Å². The highest BCUT2D eigenvalue weighted by molar-refractivity contribution is 5.88. The molecule has 0 aliphatic heterocycles. The first-order valence-electron chi connectivity index (χ1n) is 12.0. The number of carbonyl (C=O) groups is 3. The van der Waals surface area contributed by atoms with Gasteiger partial charge in [0, 0.05) is 30.4 Å². The molecule has 0 radical (unpaired) electrons. The molecule has 1 unspecified atom stereocenters. The molecule has 190 valence electrons. The van der Waals surface area contributed by atoms with Crippen molar-refractivity contribution in [1.82, 2.24) is 9.88 Å². The second-order valence-electron chi connectivity index (χ2n) is 8.57. The van der Waals surface area contributed by atoms with Crippen molar-refractivity contribution in [2.75, 3.05) is 12.4 Å². The fourth-order valence-corrected chi connectivity index (χ4v) is 4.03. The van der Waals surface area contributed by atoms with Crippen LogP contribution in [0.15, 0.2) is 60.7 Å². The molecule has 0 aliphatic carbocycles. The van der Waals surface area contributed by atoms with Crippen molar-refractivity contribution in [1.29, 1.82) is 0 Å². The lowest BCUT2D eigenvalue weighted by Crippen LogP contribution is -2.41. The highest BCUT2D eigenvalue weighted by atomic mass is 19.1. The minimum absolute atomic E-state index is 0.161.